The summed E-state index contributed by atoms with van der Waals surface area (Å²) in [7, 11) is 3.31. The minimum Gasteiger partial charge on any atom is -0.468 e. The van der Waals surface area contributed by atoms with E-state index in [0.717, 1.165) is 6.54 Å². The molecule has 0 bridgehead atoms. The van der Waals surface area contributed by atoms with E-state index in [0.29, 0.717) is 5.92 Å². The molecule has 1 rings (SSSR count). The number of aliphatic hydroxyl groups excluding tert-OH is 1. The molecule has 5 nitrogen and oxygen atoms in total. The molecule has 0 saturated heterocycles. The van der Waals surface area contributed by atoms with Gasteiger partial charge in [0, 0.05) is 6.54 Å². The topological polar surface area (TPSA) is 59.0 Å². The van der Waals surface area contributed by atoms with E-state index in [-0.39, 0.29) is 18.9 Å². The van der Waals surface area contributed by atoms with Gasteiger partial charge in [-0.2, -0.15) is 0 Å². The Labute approximate surface area is 115 Å². The molecule has 0 aromatic heterocycles. The van der Waals surface area contributed by atoms with Crippen LogP contribution >= 0.6 is 0 Å². The van der Waals surface area contributed by atoms with E-state index >= 15 is 0 Å². The van der Waals surface area contributed by atoms with E-state index in [9.17, 15) is 4.79 Å². The molecule has 0 spiro atoms. The van der Waals surface area contributed by atoms with E-state index in [2.05, 4.69) is 0 Å². The molecule has 2 atom stereocenters. The van der Waals surface area contributed by atoms with Gasteiger partial charge < -0.3 is 14.6 Å². The molecule has 0 radical (unpaired) electrons. The van der Waals surface area contributed by atoms with Gasteiger partial charge >= 0.3 is 5.97 Å². The Morgan fingerprint density at radius 2 is 2.00 bits per heavy atom. The molecule has 5 heteroatoms. The van der Waals surface area contributed by atoms with Crippen LogP contribution in [-0.4, -0.2) is 55.6 Å². The molecule has 0 aliphatic heterocycles. The van der Waals surface area contributed by atoms with Gasteiger partial charge in [0.05, 0.1) is 13.2 Å². The highest BCUT2D eigenvalue weighted by molar-refractivity contribution is 5.76. The van der Waals surface area contributed by atoms with Crippen LogP contribution in [-0.2, 0) is 14.3 Å². The number of aliphatic hydroxyl groups is 1. The smallest absolute Gasteiger partial charge is 0.325 e. The van der Waals surface area contributed by atoms with Gasteiger partial charge in [-0.15, -0.1) is 0 Å². The van der Waals surface area contributed by atoms with Crippen molar-refractivity contribution in [1.82, 2.24) is 4.90 Å². The Hall–Kier alpha value is -0.650. The van der Waals surface area contributed by atoms with Crippen LogP contribution in [0.1, 0.15) is 39.0 Å². The summed E-state index contributed by atoms with van der Waals surface area (Å²) in [5.74, 6) is 0.339. The summed E-state index contributed by atoms with van der Waals surface area (Å²) >= 11 is 0. The molecule has 112 valence electrons. The number of esters is 1. The average molecular weight is 273 g/mol. The van der Waals surface area contributed by atoms with Crippen molar-refractivity contribution in [3.05, 3.63) is 0 Å². The molecule has 1 unspecified atom stereocenters. The zero-order valence-electron chi connectivity index (χ0n) is 12.3. The lowest BCUT2D eigenvalue weighted by Crippen LogP contribution is -2.49. The summed E-state index contributed by atoms with van der Waals surface area (Å²) in [6.07, 6.45) is 5.96. The first-order valence-electron chi connectivity index (χ1n) is 7.10. The number of carbonyl (C=O) groups is 1. The molecule has 1 N–H and O–H groups in total. The number of hydrogen-bond donors (Lipinski definition) is 1. The highest BCUT2D eigenvalue weighted by Gasteiger charge is 2.32. The second kappa shape index (κ2) is 8.51. The average Bonchev–Trinajstić information content (AvgIpc) is 2.40. The minimum absolute atomic E-state index is 0.306. The lowest BCUT2D eigenvalue weighted by molar-refractivity contribution is -0.156. The first kappa shape index (κ1) is 16.4. The standard InChI is InChI=1S/C14H27NO4/c1-11(19-10-16)13(14(17)18-3)15(2)9-12-7-5-4-6-8-12/h11-13,16H,4-10H2,1-3H3/t11-,13?/m0/s1. The molecule has 1 aliphatic carbocycles. The van der Waals surface area contributed by atoms with Crippen LogP contribution in [0.2, 0.25) is 0 Å². The van der Waals surface area contributed by atoms with Gasteiger partial charge in [0.2, 0.25) is 0 Å². The fourth-order valence-electron chi connectivity index (χ4n) is 2.95. The number of hydrogen-bond acceptors (Lipinski definition) is 5. The van der Waals surface area contributed by atoms with Crippen molar-refractivity contribution in [1.29, 1.82) is 0 Å². The van der Waals surface area contributed by atoms with E-state index in [4.69, 9.17) is 14.6 Å². The summed E-state index contributed by atoms with van der Waals surface area (Å²) in [4.78, 5) is 13.9. The SMILES string of the molecule is COC(=O)C([C@H](C)OCO)N(C)CC1CCCCC1. The number of rotatable bonds is 7. The van der Waals surface area contributed by atoms with Crippen LogP contribution in [0.5, 0.6) is 0 Å². The highest BCUT2D eigenvalue weighted by atomic mass is 16.6. The molecule has 0 aromatic carbocycles. The summed E-state index contributed by atoms with van der Waals surface area (Å²) in [5.41, 5.74) is 0. The van der Waals surface area contributed by atoms with Crippen LogP contribution in [0.25, 0.3) is 0 Å². The minimum atomic E-state index is -0.459. The lowest BCUT2D eigenvalue weighted by atomic mass is 9.88. The van der Waals surface area contributed by atoms with Crippen molar-refractivity contribution in [2.45, 2.75) is 51.2 Å². The van der Waals surface area contributed by atoms with E-state index in [1.807, 2.05) is 11.9 Å². The van der Waals surface area contributed by atoms with Crippen molar-refractivity contribution in [3.8, 4) is 0 Å². The Morgan fingerprint density at radius 1 is 1.37 bits per heavy atom. The van der Waals surface area contributed by atoms with E-state index < -0.39 is 6.04 Å². The van der Waals surface area contributed by atoms with Crippen molar-refractivity contribution in [3.63, 3.8) is 0 Å². The summed E-state index contributed by atoms with van der Waals surface area (Å²) in [5, 5.41) is 8.85. The van der Waals surface area contributed by atoms with Crippen molar-refractivity contribution < 1.29 is 19.4 Å². The molecular formula is C14H27NO4. The normalized spacial score (nSPS) is 20.3. The zero-order chi connectivity index (χ0) is 14.3. The fourth-order valence-corrected chi connectivity index (χ4v) is 2.95. The Kier molecular flexibility index (Phi) is 7.34. The largest absolute Gasteiger partial charge is 0.468 e. The second-order valence-corrected chi connectivity index (χ2v) is 5.41. The summed E-state index contributed by atoms with van der Waals surface area (Å²) < 4.78 is 10.00. The number of ether oxygens (including phenoxy) is 2. The van der Waals surface area contributed by atoms with Gasteiger partial charge in [-0.1, -0.05) is 19.3 Å². The first-order valence-corrected chi connectivity index (χ1v) is 7.10. The fraction of sp³-hybridized carbons (Fsp3) is 0.929. The van der Waals surface area contributed by atoms with E-state index in [1.54, 1.807) is 6.92 Å². The predicted octanol–water partition coefficient (Wildman–Crippen LogP) is 1.39. The van der Waals surface area contributed by atoms with Crippen LogP contribution in [0, 0.1) is 5.92 Å². The highest BCUT2D eigenvalue weighted by Crippen LogP contribution is 2.25. The van der Waals surface area contributed by atoms with Crippen molar-refractivity contribution >= 4 is 5.97 Å². The van der Waals surface area contributed by atoms with Crippen LogP contribution in [0.3, 0.4) is 0 Å². The summed E-state index contributed by atoms with van der Waals surface area (Å²) in [6.45, 7) is 2.28. The van der Waals surface area contributed by atoms with E-state index in [1.165, 1.54) is 39.2 Å². The Bertz CT molecular complexity index is 266. The van der Waals surface area contributed by atoms with Gasteiger partial charge in [0.15, 0.2) is 0 Å². The molecule has 0 amide bonds. The third kappa shape index (κ3) is 5.09. The lowest BCUT2D eigenvalue weighted by Gasteiger charge is -2.33. The zero-order valence-corrected chi connectivity index (χ0v) is 12.3. The van der Waals surface area contributed by atoms with Crippen LogP contribution in [0.4, 0.5) is 0 Å². The third-order valence-corrected chi connectivity index (χ3v) is 3.97. The maximum atomic E-state index is 11.9. The van der Waals surface area contributed by atoms with Crippen LogP contribution in [0.15, 0.2) is 0 Å². The quantitative estimate of drug-likeness (QED) is 0.561. The molecule has 1 saturated carbocycles. The monoisotopic (exact) mass is 273 g/mol. The third-order valence-electron chi connectivity index (χ3n) is 3.97. The Balaban J connectivity index is 2.59. The molecule has 1 aliphatic rings. The van der Waals surface area contributed by atoms with Crippen molar-refractivity contribution in [2.24, 2.45) is 5.92 Å². The van der Waals surface area contributed by atoms with Crippen molar-refractivity contribution in [2.75, 3.05) is 27.5 Å². The molecule has 0 aromatic rings. The number of carbonyl (C=O) groups excluding carboxylic acids is 1. The molecule has 1 fully saturated rings. The number of nitrogens with zero attached hydrogens (tertiary/aromatic N) is 1. The first-order chi connectivity index (χ1) is 9.10. The summed E-state index contributed by atoms with van der Waals surface area (Å²) in [6, 6.07) is -0.459. The van der Waals surface area contributed by atoms with Gasteiger partial charge in [-0.05, 0) is 32.7 Å². The predicted molar refractivity (Wildman–Crippen MR) is 72.6 cm³/mol. The van der Waals surface area contributed by atoms with Gasteiger partial charge in [0.25, 0.3) is 0 Å². The number of likely N-dealkylation sites (N-methyl/N-ethyl adjacent to an activating group) is 1. The Morgan fingerprint density at radius 3 is 2.53 bits per heavy atom. The van der Waals surface area contributed by atoms with Crippen LogP contribution < -0.4 is 0 Å². The number of methoxy groups -OCH3 is 1. The van der Waals surface area contributed by atoms with Gasteiger partial charge in [0.1, 0.15) is 12.8 Å². The molecular weight excluding hydrogens is 246 g/mol. The second-order valence-electron chi connectivity index (χ2n) is 5.41. The maximum Gasteiger partial charge on any atom is 0.325 e. The molecule has 0 heterocycles. The van der Waals surface area contributed by atoms with Gasteiger partial charge in [-0.3, -0.25) is 9.69 Å². The molecule has 19 heavy (non-hydrogen) atoms. The van der Waals surface area contributed by atoms with Gasteiger partial charge in [-0.25, -0.2) is 0 Å². The maximum absolute atomic E-state index is 11.9.